The average molecular weight is 293 g/mol. The molecule has 0 amide bonds. The fourth-order valence-electron chi connectivity index (χ4n) is 2.04. The SMILES string of the molecule is COc1c(-c2ccn(C)n2)cc(CCS)cc1[N+](=O)[O-]. The van der Waals surface area contributed by atoms with Gasteiger partial charge in [0.25, 0.3) is 0 Å². The molecule has 0 spiro atoms. The van der Waals surface area contributed by atoms with Gasteiger partial charge in [0.15, 0.2) is 0 Å². The van der Waals surface area contributed by atoms with Crippen LogP contribution in [0.2, 0.25) is 0 Å². The molecule has 0 unspecified atom stereocenters. The van der Waals surface area contributed by atoms with Gasteiger partial charge in [0.05, 0.1) is 23.3 Å². The molecule has 0 aliphatic carbocycles. The van der Waals surface area contributed by atoms with Crippen LogP contribution in [-0.2, 0) is 13.5 Å². The summed E-state index contributed by atoms with van der Waals surface area (Å²) in [5.41, 5.74) is 2.06. The van der Waals surface area contributed by atoms with Gasteiger partial charge >= 0.3 is 5.69 Å². The number of rotatable bonds is 5. The van der Waals surface area contributed by atoms with Gasteiger partial charge in [-0.2, -0.15) is 17.7 Å². The summed E-state index contributed by atoms with van der Waals surface area (Å²) in [6.45, 7) is 0. The van der Waals surface area contributed by atoms with Crippen LogP contribution in [0.4, 0.5) is 5.69 Å². The molecule has 0 aliphatic rings. The van der Waals surface area contributed by atoms with E-state index >= 15 is 0 Å². The van der Waals surface area contributed by atoms with Crippen LogP contribution in [0.15, 0.2) is 24.4 Å². The van der Waals surface area contributed by atoms with Gasteiger partial charge in [0.1, 0.15) is 0 Å². The van der Waals surface area contributed by atoms with E-state index < -0.39 is 4.92 Å². The largest absolute Gasteiger partial charge is 0.490 e. The number of hydrogen-bond donors (Lipinski definition) is 1. The monoisotopic (exact) mass is 293 g/mol. The lowest BCUT2D eigenvalue weighted by Crippen LogP contribution is -2.00. The van der Waals surface area contributed by atoms with Gasteiger partial charge in [-0.25, -0.2) is 0 Å². The van der Waals surface area contributed by atoms with Crippen LogP contribution in [0.1, 0.15) is 5.56 Å². The van der Waals surface area contributed by atoms with Crippen molar-refractivity contribution in [2.24, 2.45) is 7.05 Å². The summed E-state index contributed by atoms with van der Waals surface area (Å²) in [6, 6.07) is 5.19. The van der Waals surface area contributed by atoms with Gasteiger partial charge in [0.2, 0.25) is 5.75 Å². The van der Waals surface area contributed by atoms with Crippen molar-refractivity contribution in [3.63, 3.8) is 0 Å². The Kier molecular flexibility index (Phi) is 4.29. The molecule has 0 atom stereocenters. The van der Waals surface area contributed by atoms with Gasteiger partial charge in [-0.05, 0) is 29.9 Å². The summed E-state index contributed by atoms with van der Waals surface area (Å²) in [5, 5.41) is 15.5. The second kappa shape index (κ2) is 5.96. The molecule has 0 bridgehead atoms. The summed E-state index contributed by atoms with van der Waals surface area (Å²) in [5.74, 6) is 0.849. The predicted molar refractivity (Wildman–Crippen MR) is 79.4 cm³/mol. The van der Waals surface area contributed by atoms with Crippen molar-refractivity contribution in [1.29, 1.82) is 0 Å². The summed E-state index contributed by atoms with van der Waals surface area (Å²) in [4.78, 5) is 10.8. The van der Waals surface area contributed by atoms with E-state index in [0.717, 1.165) is 5.56 Å². The fourth-order valence-corrected chi connectivity index (χ4v) is 2.30. The summed E-state index contributed by atoms with van der Waals surface area (Å²) >= 11 is 4.17. The van der Waals surface area contributed by atoms with Crippen molar-refractivity contribution in [1.82, 2.24) is 9.78 Å². The lowest BCUT2D eigenvalue weighted by Gasteiger charge is -2.09. The van der Waals surface area contributed by atoms with E-state index in [1.54, 1.807) is 24.0 Å². The normalized spacial score (nSPS) is 10.6. The highest BCUT2D eigenvalue weighted by Gasteiger charge is 2.22. The average Bonchev–Trinajstić information content (AvgIpc) is 2.84. The van der Waals surface area contributed by atoms with Gasteiger partial charge in [-0.1, -0.05) is 0 Å². The maximum atomic E-state index is 11.2. The molecule has 1 aromatic heterocycles. The molecule has 0 radical (unpaired) electrons. The first kappa shape index (κ1) is 14.4. The molecule has 0 N–H and O–H groups in total. The second-order valence-electron chi connectivity index (χ2n) is 4.30. The first-order chi connectivity index (χ1) is 9.56. The first-order valence-electron chi connectivity index (χ1n) is 6.03. The Balaban J connectivity index is 2.66. The fraction of sp³-hybridized carbons (Fsp3) is 0.308. The molecule has 6 nitrogen and oxygen atoms in total. The van der Waals surface area contributed by atoms with E-state index in [1.807, 2.05) is 6.07 Å². The Bertz CT molecular complexity index is 640. The summed E-state index contributed by atoms with van der Waals surface area (Å²) in [7, 11) is 3.22. The lowest BCUT2D eigenvalue weighted by molar-refractivity contribution is -0.385. The highest BCUT2D eigenvalue weighted by atomic mass is 32.1. The first-order valence-corrected chi connectivity index (χ1v) is 6.66. The Morgan fingerprint density at radius 1 is 1.50 bits per heavy atom. The number of aromatic nitrogens is 2. The number of ether oxygens (including phenoxy) is 1. The van der Waals surface area contributed by atoms with Crippen LogP contribution in [-0.4, -0.2) is 27.6 Å². The van der Waals surface area contributed by atoms with Crippen molar-refractivity contribution in [3.05, 3.63) is 40.1 Å². The Labute approximate surface area is 121 Å². The van der Waals surface area contributed by atoms with Crippen molar-refractivity contribution in [3.8, 4) is 17.0 Å². The molecule has 1 aromatic carbocycles. The number of methoxy groups -OCH3 is 1. The third kappa shape index (κ3) is 2.77. The van der Waals surface area contributed by atoms with E-state index in [0.29, 0.717) is 23.4 Å². The third-order valence-electron chi connectivity index (χ3n) is 2.92. The quantitative estimate of drug-likeness (QED) is 0.522. The van der Waals surface area contributed by atoms with Crippen molar-refractivity contribution in [2.75, 3.05) is 12.9 Å². The maximum absolute atomic E-state index is 11.2. The van der Waals surface area contributed by atoms with Crippen molar-refractivity contribution in [2.45, 2.75) is 6.42 Å². The smallest absolute Gasteiger partial charge is 0.311 e. The van der Waals surface area contributed by atoms with Gasteiger partial charge < -0.3 is 4.74 Å². The summed E-state index contributed by atoms with van der Waals surface area (Å²) in [6.07, 6.45) is 2.43. The molecule has 20 heavy (non-hydrogen) atoms. The zero-order chi connectivity index (χ0) is 14.7. The third-order valence-corrected chi connectivity index (χ3v) is 3.14. The Morgan fingerprint density at radius 2 is 2.25 bits per heavy atom. The minimum absolute atomic E-state index is 0.0487. The van der Waals surface area contributed by atoms with Crippen LogP contribution in [0.25, 0.3) is 11.3 Å². The molecule has 0 aliphatic heterocycles. The van der Waals surface area contributed by atoms with Gasteiger partial charge in [-0.3, -0.25) is 14.8 Å². The summed E-state index contributed by atoms with van der Waals surface area (Å²) < 4.78 is 6.87. The molecule has 1 heterocycles. The number of hydrogen-bond acceptors (Lipinski definition) is 5. The molecule has 7 heteroatoms. The number of nitro groups is 1. The molecule has 0 saturated carbocycles. The zero-order valence-corrected chi connectivity index (χ0v) is 12.1. The van der Waals surface area contributed by atoms with Crippen molar-refractivity contribution >= 4 is 18.3 Å². The van der Waals surface area contributed by atoms with Crippen LogP contribution in [0, 0.1) is 10.1 Å². The van der Waals surface area contributed by atoms with Crippen LogP contribution < -0.4 is 4.74 Å². The standard InChI is InChI=1S/C13H15N3O3S/c1-15-5-3-11(14-15)10-7-9(4-6-20)8-12(16(17)18)13(10)19-2/h3,5,7-8,20H,4,6H2,1-2H3. The van der Waals surface area contributed by atoms with E-state index in [9.17, 15) is 10.1 Å². The minimum atomic E-state index is -0.437. The van der Waals surface area contributed by atoms with E-state index in [1.165, 1.54) is 13.2 Å². The Hall–Kier alpha value is -2.02. The number of aryl methyl sites for hydroxylation is 2. The predicted octanol–water partition coefficient (Wildman–Crippen LogP) is 2.48. The van der Waals surface area contributed by atoms with Crippen LogP contribution >= 0.6 is 12.6 Å². The van der Waals surface area contributed by atoms with E-state index in [2.05, 4.69) is 17.7 Å². The van der Waals surface area contributed by atoms with Crippen LogP contribution in [0.3, 0.4) is 0 Å². The zero-order valence-electron chi connectivity index (χ0n) is 11.2. The number of nitrogens with zero attached hydrogens (tertiary/aromatic N) is 3. The highest BCUT2D eigenvalue weighted by molar-refractivity contribution is 7.80. The molecule has 0 fully saturated rings. The molecule has 2 aromatic rings. The Morgan fingerprint density at radius 3 is 2.75 bits per heavy atom. The molecular formula is C13H15N3O3S. The topological polar surface area (TPSA) is 70.2 Å². The van der Waals surface area contributed by atoms with Crippen molar-refractivity contribution < 1.29 is 9.66 Å². The molecule has 106 valence electrons. The van der Waals surface area contributed by atoms with E-state index in [-0.39, 0.29) is 11.4 Å². The molecular weight excluding hydrogens is 278 g/mol. The minimum Gasteiger partial charge on any atom is -0.490 e. The molecule has 0 saturated heterocycles. The second-order valence-corrected chi connectivity index (χ2v) is 4.75. The highest BCUT2D eigenvalue weighted by Crippen LogP contribution is 2.38. The number of nitro benzene ring substituents is 1. The van der Waals surface area contributed by atoms with Crippen LogP contribution in [0.5, 0.6) is 5.75 Å². The van der Waals surface area contributed by atoms with Gasteiger partial charge in [0, 0.05) is 19.3 Å². The lowest BCUT2D eigenvalue weighted by atomic mass is 10.0. The number of thiol groups is 1. The number of benzene rings is 1. The van der Waals surface area contributed by atoms with E-state index in [4.69, 9.17) is 4.74 Å². The maximum Gasteiger partial charge on any atom is 0.311 e. The molecule has 2 rings (SSSR count). The van der Waals surface area contributed by atoms with Gasteiger partial charge in [-0.15, -0.1) is 0 Å².